The van der Waals surface area contributed by atoms with Crippen molar-refractivity contribution in [1.29, 1.82) is 0 Å². The number of benzene rings is 2. The number of nitrogens with zero attached hydrogens (tertiary/aromatic N) is 2. The van der Waals surface area contributed by atoms with Crippen molar-refractivity contribution in [2.75, 3.05) is 23.8 Å². The van der Waals surface area contributed by atoms with E-state index in [1.54, 1.807) is 30.3 Å². The lowest BCUT2D eigenvalue weighted by molar-refractivity contribution is -0.127. The fourth-order valence-corrected chi connectivity index (χ4v) is 5.45. The first-order valence-corrected chi connectivity index (χ1v) is 12.3. The van der Waals surface area contributed by atoms with Crippen LogP contribution in [0.15, 0.2) is 51.8 Å². The summed E-state index contributed by atoms with van der Waals surface area (Å²) in [5, 5.41) is 2.27. The number of fused-ring (bicyclic) bond motifs is 1. The van der Waals surface area contributed by atoms with Gasteiger partial charge in [0.1, 0.15) is 6.54 Å². The summed E-state index contributed by atoms with van der Waals surface area (Å²) in [6.45, 7) is 6.38. The summed E-state index contributed by atoms with van der Waals surface area (Å²) < 4.78 is 0.892. The van der Waals surface area contributed by atoms with Crippen LogP contribution in [-0.2, 0) is 9.59 Å². The van der Waals surface area contributed by atoms with Crippen molar-refractivity contribution in [1.82, 2.24) is 4.90 Å². The zero-order valence-electron chi connectivity index (χ0n) is 19.0. The molecule has 0 bridgehead atoms. The first-order valence-electron chi connectivity index (χ1n) is 10.7. The van der Waals surface area contributed by atoms with Crippen LogP contribution in [0.5, 0.6) is 0 Å². The summed E-state index contributed by atoms with van der Waals surface area (Å²) in [7, 11) is 2.11. The van der Waals surface area contributed by atoms with Crippen LogP contribution in [0.4, 0.5) is 16.2 Å². The lowest BCUT2D eigenvalue weighted by Crippen LogP contribution is -2.45. The average molecular weight is 528 g/mol. The molecule has 0 saturated carbocycles. The van der Waals surface area contributed by atoms with E-state index in [0.717, 1.165) is 33.1 Å². The van der Waals surface area contributed by atoms with Crippen molar-refractivity contribution in [2.24, 2.45) is 0 Å². The first kappa shape index (κ1) is 23.6. The van der Waals surface area contributed by atoms with Gasteiger partial charge in [-0.15, -0.1) is 0 Å². The number of imide groups is 1. The third-order valence-corrected chi connectivity index (χ3v) is 7.69. The Balaban J connectivity index is 1.49. The SMILES string of the molecule is CC1CC(C)(C)N(C)c2ccc(/C=C3/SC(=O)N(CC(=O)Nc4ccc(Br)cc4)C3=O)cc21. The molecule has 172 valence electrons. The van der Waals surface area contributed by atoms with E-state index in [0.29, 0.717) is 16.5 Å². The summed E-state index contributed by atoms with van der Waals surface area (Å²) in [5.74, 6) is -0.481. The van der Waals surface area contributed by atoms with E-state index >= 15 is 0 Å². The Morgan fingerprint density at radius 1 is 1.21 bits per heavy atom. The molecule has 0 spiro atoms. The van der Waals surface area contributed by atoms with Gasteiger partial charge in [-0.25, -0.2) is 0 Å². The highest BCUT2D eigenvalue weighted by Gasteiger charge is 2.37. The normalized spacial score (nSPS) is 20.9. The second-order valence-electron chi connectivity index (χ2n) is 9.12. The quantitative estimate of drug-likeness (QED) is 0.505. The summed E-state index contributed by atoms with van der Waals surface area (Å²) >= 11 is 4.21. The monoisotopic (exact) mass is 527 g/mol. The van der Waals surface area contributed by atoms with Crippen molar-refractivity contribution in [2.45, 2.75) is 38.6 Å². The second kappa shape index (κ2) is 8.99. The molecule has 0 aliphatic carbocycles. The Hall–Kier alpha value is -2.58. The number of halogens is 1. The van der Waals surface area contributed by atoms with Crippen LogP contribution in [0.1, 0.15) is 44.2 Å². The molecular formula is C25H26BrN3O3S. The van der Waals surface area contributed by atoms with E-state index in [1.165, 1.54) is 11.3 Å². The van der Waals surface area contributed by atoms with Gasteiger partial charge in [-0.05, 0) is 91.5 Å². The van der Waals surface area contributed by atoms with Crippen LogP contribution in [0.3, 0.4) is 0 Å². The largest absolute Gasteiger partial charge is 0.369 e. The van der Waals surface area contributed by atoms with Gasteiger partial charge in [0.05, 0.1) is 4.91 Å². The van der Waals surface area contributed by atoms with Crippen molar-refractivity contribution in [3.05, 3.63) is 63.0 Å². The fraction of sp³-hybridized carbons (Fsp3) is 0.320. The van der Waals surface area contributed by atoms with Gasteiger partial charge in [0, 0.05) is 28.4 Å². The number of hydrogen-bond donors (Lipinski definition) is 1. The van der Waals surface area contributed by atoms with Gasteiger partial charge in [-0.2, -0.15) is 0 Å². The minimum atomic E-state index is -0.444. The van der Waals surface area contributed by atoms with E-state index in [2.05, 4.69) is 66.1 Å². The Morgan fingerprint density at radius 3 is 2.61 bits per heavy atom. The predicted octanol–water partition coefficient (Wildman–Crippen LogP) is 5.85. The lowest BCUT2D eigenvalue weighted by atomic mass is 9.80. The number of carbonyl (C=O) groups excluding carboxylic acids is 3. The first-order chi connectivity index (χ1) is 15.5. The topological polar surface area (TPSA) is 69.7 Å². The Labute approximate surface area is 206 Å². The number of hydrogen-bond acceptors (Lipinski definition) is 5. The Morgan fingerprint density at radius 2 is 1.91 bits per heavy atom. The maximum atomic E-state index is 12.9. The van der Waals surface area contributed by atoms with Crippen molar-refractivity contribution in [3.8, 4) is 0 Å². The highest BCUT2D eigenvalue weighted by atomic mass is 79.9. The summed E-state index contributed by atoms with van der Waals surface area (Å²) in [5.41, 5.74) is 3.97. The molecule has 1 atom stereocenters. The number of rotatable bonds is 4. The maximum Gasteiger partial charge on any atom is 0.294 e. The van der Waals surface area contributed by atoms with Gasteiger partial charge < -0.3 is 10.2 Å². The number of thioether (sulfide) groups is 1. The molecule has 3 amide bonds. The molecule has 1 N–H and O–H groups in total. The Bertz CT molecular complexity index is 1160. The summed E-state index contributed by atoms with van der Waals surface area (Å²) in [6, 6.07) is 13.2. The van der Waals surface area contributed by atoms with Gasteiger partial charge in [-0.3, -0.25) is 19.3 Å². The summed E-state index contributed by atoms with van der Waals surface area (Å²) in [4.78, 5) is 41.3. The highest BCUT2D eigenvalue weighted by Crippen LogP contribution is 2.43. The van der Waals surface area contributed by atoms with Crippen LogP contribution in [0.25, 0.3) is 6.08 Å². The number of amides is 3. The molecule has 6 nitrogen and oxygen atoms in total. The van der Waals surface area contributed by atoms with E-state index in [4.69, 9.17) is 0 Å². The molecule has 2 aliphatic heterocycles. The van der Waals surface area contributed by atoms with Crippen molar-refractivity contribution in [3.63, 3.8) is 0 Å². The molecule has 2 heterocycles. The second-order valence-corrected chi connectivity index (χ2v) is 11.0. The van der Waals surface area contributed by atoms with Gasteiger partial charge in [-0.1, -0.05) is 28.9 Å². The molecule has 2 aromatic rings. The molecule has 0 aromatic heterocycles. The molecule has 4 rings (SSSR count). The zero-order valence-corrected chi connectivity index (χ0v) is 21.4. The van der Waals surface area contributed by atoms with Gasteiger partial charge in [0.15, 0.2) is 0 Å². The molecule has 0 radical (unpaired) electrons. The van der Waals surface area contributed by atoms with Crippen LogP contribution < -0.4 is 10.2 Å². The molecular weight excluding hydrogens is 502 g/mol. The van der Waals surface area contributed by atoms with Gasteiger partial charge in [0.2, 0.25) is 5.91 Å². The molecule has 2 aliphatic rings. The molecule has 33 heavy (non-hydrogen) atoms. The number of carbonyl (C=O) groups is 3. The zero-order chi connectivity index (χ0) is 23.9. The minimum Gasteiger partial charge on any atom is -0.369 e. The molecule has 1 unspecified atom stereocenters. The lowest BCUT2D eigenvalue weighted by Gasteiger charge is -2.45. The molecule has 1 fully saturated rings. The molecule has 1 saturated heterocycles. The van der Waals surface area contributed by atoms with E-state index in [1.807, 2.05) is 6.07 Å². The smallest absolute Gasteiger partial charge is 0.294 e. The molecule has 8 heteroatoms. The number of nitrogens with one attached hydrogen (secondary N) is 1. The fourth-order valence-electron chi connectivity index (χ4n) is 4.35. The van der Waals surface area contributed by atoms with E-state index in [-0.39, 0.29) is 12.1 Å². The van der Waals surface area contributed by atoms with Gasteiger partial charge in [0.25, 0.3) is 11.1 Å². The van der Waals surface area contributed by atoms with Crippen molar-refractivity contribution >= 4 is 62.2 Å². The van der Waals surface area contributed by atoms with Crippen LogP contribution in [0, 0.1) is 0 Å². The van der Waals surface area contributed by atoms with Crippen LogP contribution in [-0.4, -0.2) is 41.1 Å². The third kappa shape index (κ3) is 4.87. The number of anilines is 2. The molecule has 2 aromatic carbocycles. The Kier molecular flexibility index (Phi) is 6.42. The maximum absolute atomic E-state index is 12.9. The van der Waals surface area contributed by atoms with Crippen LogP contribution in [0.2, 0.25) is 0 Å². The van der Waals surface area contributed by atoms with E-state index in [9.17, 15) is 14.4 Å². The average Bonchev–Trinajstić information content (AvgIpc) is 3.01. The standard InChI is InChI=1S/C25H26BrN3O3S/c1-15-13-25(2,3)28(4)20-10-5-16(11-19(15)20)12-21-23(31)29(24(32)33-21)14-22(30)27-18-8-6-17(26)7-9-18/h5-12,15H,13-14H2,1-4H3,(H,27,30)/b21-12+. The minimum absolute atomic E-state index is 0.0768. The van der Waals surface area contributed by atoms with Crippen LogP contribution >= 0.6 is 27.7 Å². The summed E-state index contributed by atoms with van der Waals surface area (Å²) in [6.07, 6.45) is 2.77. The third-order valence-electron chi connectivity index (χ3n) is 6.26. The highest BCUT2D eigenvalue weighted by molar-refractivity contribution is 9.10. The van der Waals surface area contributed by atoms with Crippen molar-refractivity contribution < 1.29 is 14.4 Å². The van der Waals surface area contributed by atoms with Gasteiger partial charge >= 0.3 is 0 Å². The van der Waals surface area contributed by atoms with E-state index < -0.39 is 17.1 Å². The predicted molar refractivity (Wildman–Crippen MR) is 137 cm³/mol.